The zero-order valence-corrected chi connectivity index (χ0v) is 17.1. The van der Waals surface area contributed by atoms with Crippen molar-refractivity contribution in [2.45, 2.75) is 19.8 Å². The number of thioether (sulfide) groups is 1. The van der Waals surface area contributed by atoms with Gasteiger partial charge in [0.05, 0.1) is 12.3 Å². The summed E-state index contributed by atoms with van der Waals surface area (Å²) in [5.41, 5.74) is 5.98. The Morgan fingerprint density at radius 2 is 2.00 bits per heavy atom. The summed E-state index contributed by atoms with van der Waals surface area (Å²) in [5, 5.41) is 0. The molecule has 1 unspecified atom stereocenters. The SMILES string of the molecule is CC1CCCN(C(N)=NCCS(=O)(=O)N2CCSCC2)C1.I. The molecule has 0 aliphatic carbocycles. The Kier molecular flexibility index (Phi) is 8.80. The molecule has 22 heavy (non-hydrogen) atoms. The molecule has 1 atom stereocenters. The Bertz CT molecular complexity index is 467. The van der Waals surface area contributed by atoms with Crippen molar-refractivity contribution in [3.05, 3.63) is 0 Å². The van der Waals surface area contributed by atoms with Crippen LogP contribution in [0.5, 0.6) is 0 Å². The number of guanidine groups is 1. The van der Waals surface area contributed by atoms with Gasteiger partial charge in [0, 0.05) is 37.7 Å². The van der Waals surface area contributed by atoms with E-state index in [2.05, 4.69) is 16.8 Å². The molecule has 0 bridgehead atoms. The van der Waals surface area contributed by atoms with Crippen LogP contribution in [0.3, 0.4) is 0 Å². The van der Waals surface area contributed by atoms with Gasteiger partial charge in [0.2, 0.25) is 10.0 Å². The zero-order chi connectivity index (χ0) is 15.3. The van der Waals surface area contributed by atoms with Crippen LogP contribution in [0, 0.1) is 5.92 Å². The summed E-state index contributed by atoms with van der Waals surface area (Å²) in [6, 6.07) is 0. The van der Waals surface area contributed by atoms with E-state index in [-0.39, 0.29) is 36.3 Å². The molecular weight excluding hydrogens is 435 g/mol. The number of rotatable bonds is 4. The Morgan fingerprint density at radius 3 is 2.64 bits per heavy atom. The second kappa shape index (κ2) is 9.53. The Hall–Kier alpha value is 0.260. The van der Waals surface area contributed by atoms with E-state index in [1.807, 2.05) is 0 Å². The van der Waals surface area contributed by atoms with Crippen molar-refractivity contribution in [2.75, 3.05) is 50.0 Å². The lowest BCUT2D eigenvalue weighted by Gasteiger charge is -2.31. The Labute approximate surface area is 155 Å². The van der Waals surface area contributed by atoms with Gasteiger partial charge in [-0.05, 0) is 18.8 Å². The number of hydrogen-bond acceptors (Lipinski definition) is 4. The predicted octanol–water partition coefficient (Wildman–Crippen LogP) is 1.03. The minimum atomic E-state index is -3.18. The fourth-order valence-electron chi connectivity index (χ4n) is 2.73. The van der Waals surface area contributed by atoms with Crippen molar-refractivity contribution in [1.29, 1.82) is 0 Å². The van der Waals surface area contributed by atoms with Crippen LogP contribution in [0.2, 0.25) is 0 Å². The molecule has 2 rings (SSSR count). The third-order valence-corrected chi connectivity index (χ3v) is 6.76. The molecule has 0 amide bonds. The van der Waals surface area contributed by atoms with Crippen molar-refractivity contribution >= 4 is 51.7 Å². The van der Waals surface area contributed by atoms with Gasteiger partial charge in [0.15, 0.2) is 5.96 Å². The third kappa shape index (κ3) is 6.04. The topological polar surface area (TPSA) is 79.0 Å². The molecule has 0 aromatic rings. The third-order valence-electron chi connectivity index (χ3n) is 3.97. The number of sulfonamides is 1. The first-order chi connectivity index (χ1) is 9.99. The fourth-order valence-corrected chi connectivity index (χ4v) is 5.18. The molecule has 2 N–H and O–H groups in total. The molecule has 0 spiro atoms. The van der Waals surface area contributed by atoms with Crippen molar-refractivity contribution < 1.29 is 8.42 Å². The predicted molar refractivity (Wildman–Crippen MR) is 105 cm³/mol. The van der Waals surface area contributed by atoms with Gasteiger partial charge in [-0.1, -0.05) is 6.92 Å². The van der Waals surface area contributed by atoms with E-state index in [9.17, 15) is 8.42 Å². The van der Waals surface area contributed by atoms with Gasteiger partial charge in [-0.15, -0.1) is 24.0 Å². The summed E-state index contributed by atoms with van der Waals surface area (Å²) in [6.07, 6.45) is 2.35. The average molecular weight is 462 g/mol. The second-order valence-electron chi connectivity index (χ2n) is 5.76. The molecule has 2 fully saturated rings. The lowest BCUT2D eigenvalue weighted by molar-refractivity contribution is 0.270. The Balaban J connectivity index is 0.00000242. The van der Waals surface area contributed by atoms with Crippen LogP contribution in [-0.2, 0) is 10.0 Å². The van der Waals surface area contributed by atoms with E-state index in [0.29, 0.717) is 25.0 Å². The maximum absolute atomic E-state index is 12.2. The highest BCUT2D eigenvalue weighted by Crippen LogP contribution is 2.15. The second-order valence-corrected chi connectivity index (χ2v) is 9.07. The normalized spacial score (nSPS) is 24.9. The zero-order valence-electron chi connectivity index (χ0n) is 13.1. The van der Waals surface area contributed by atoms with E-state index < -0.39 is 10.0 Å². The van der Waals surface area contributed by atoms with Crippen molar-refractivity contribution in [2.24, 2.45) is 16.6 Å². The van der Waals surface area contributed by atoms with Crippen LogP contribution in [-0.4, -0.2) is 73.6 Å². The van der Waals surface area contributed by atoms with Crippen LogP contribution in [0.4, 0.5) is 0 Å². The van der Waals surface area contributed by atoms with Crippen molar-refractivity contribution in [3.63, 3.8) is 0 Å². The van der Waals surface area contributed by atoms with Gasteiger partial charge in [-0.25, -0.2) is 12.7 Å². The van der Waals surface area contributed by atoms with Crippen LogP contribution in [0.25, 0.3) is 0 Å². The van der Waals surface area contributed by atoms with Crippen molar-refractivity contribution in [1.82, 2.24) is 9.21 Å². The first-order valence-corrected chi connectivity index (χ1v) is 10.4. The molecule has 9 heteroatoms. The minimum absolute atomic E-state index is 0. The van der Waals surface area contributed by atoms with Crippen molar-refractivity contribution in [3.8, 4) is 0 Å². The van der Waals surface area contributed by atoms with Gasteiger partial charge in [-0.2, -0.15) is 11.8 Å². The van der Waals surface area contributed by atoms with Crippen LogP contribution < -0.4 is 5.73 Å². The average Bonchev–Trinajstić information content (AvgIpc) is 2.48. The number of nitrogens with zero attached hydrogens (tertiary/aromatic N) is 3. The molecule has 6 nitrogen and oxygen atoms in total. The highest BCUT2D eigenvalue weighted by atomic mass is 127. The number of halogens is 1. The molecular formula is C13H27IN4O2S2. The first kappa shape index (κ1) is 20.3. The summed E-state index contributed by atoms with van der Waals surface area (Å²) in [5.74, 6) is 2.95. The molecule has 2 heterocycles. The van der Waals surface area contributed by atoms with Crippen LogP contribution >= 0.6 is 35.7 Å². The standard InChI is InChI=1S/C13H26N4O2S2.HI/c1-12-3-2-5-16(11-12)13(14)15-4-10-21(18,19)17-6-8-20-9-7-17;/h12H,2-11H2,1H3,(H2,14,15);1H. The summed E-state index contributed by atoms with van der Waals surface area (Å²) >= 11 is 1.80. The summed E-state index contributed by atoms with van der Waals surface area (Å²) in [6.45, 7) is 5.55. The van der Waals surface area contributed by atoms with Gasteiger partial charge in [0.25, 0.3) is 0 Å². The highest BCUT2D eigenvalue weighted by Gasteiger charge is 2.24. The van der Waals surface area contributed by atoms with Gasteiger partial charge in [-0.3, -0.25) is 4.99 Å². The van der Waals surface area contributed by atoms with Gasteiger partial charge in [0.1, 0.15) is 0 Å². The molecule has 2 aliphatic rings. The minimum Gasteiger partial charge on any atom is -0.370 e. The smallest absolute Gasteiger partial charge is 0.215 e. The number of likely N-dealkylation sites (tertiary alicyclic amines) is 1. The first-order valence-electron chi connectivity index (χ1n) is 7.59. The summed E-state index contributed by atoms with van der Waals surface area (Å²) in [7, 11) is -3.18. The molecule has 2 aliphatic heterocycles. The monoisotopic (exact) mass is 462 g/mol. The molecule has 2 saturated heterocycles. The van der Waals surface area contributed by atoms with Gasteiger partial charge < -0.3 is 10.6 Å². The van der Waals surface area contributed by atoms with E-state index >= 15 is 0 Å². The largest absolute Gasteiger partial charge is 0.370 e. The maximum atomic E-state index is 12.2. The maximum Gasteiger partial charge on any atom is 0.215 e. The molecule has 130 valence electrons. The summed E-state index contributed by atoms with van der Waals surface area (Å²) in [4.78, 5) is 6.34. The number of hydrogen-bond donors (Lipinski definition) is 1. The Morgan fingerprint density at radius 1 is 1.32 bits per heavy atom. The molecule has 0 radical (unpaired) electrons. The van der Waals surface area contributed by atoms with Crippen LogP contribution in [0.1, 0.15) is 19.8 Å². The van der Waals surface area contributed by atoms with Gasteiger partial charge >= 0.3 is 0 Å². The number of nitrogens with two attached hydrogens (primary N) is 1. The van der Waals surface area contributed by atoms with E-state index in [1.54, 1.807) is 16.1 Å². The number of aliphatic imine (C=N–C) groups is 1. The lowest BCUT2D eigenvalue weighted by atomic mass is 10.0. The fraction of sp³-hybridized carbons (Fsp3) is 0.923. The molecule has 0 aromatic heterocycles. The quantitative estimate of drug-likeness (QED) is 0.384. The van der Waals surface area contributed by atoms with Crippen LogP contribution in [0.15, 0.2) is 4.99 Å². The number of piperidine rings is 1. The molecule has 0 aromatic carbocycles. The van der Waals surface area contributed by atoms with E-state index in [0.717, 1.165) is 31.0 Å². The highest BCUT2D eigenvalue weighted by molar-refractivity contribution is 14.0. The van der Waals surface area contributed by atoms with E-state index in [4.69, 9.17) is 5.73 Å². The van der Waals surface area contributed by atoms with E-state index in [1.165, 1.54) is 6.42 Å². The molecule has 0 saturated carbocycles. The lowest BCUT2D eigenvalue weighted by Crippen LogP contribution is -2.44. The summed E-state index contributed by atoms with van der Waals surface area (Å²) < 4.78 is 26.0.